The van der Waals surface area contributed by atoms with Crippen LogP contribution >= 0.6 is 0 Å². The molecule has 0 N–H and O–H groups in total. The Labute approximate surface area is 58.8 Å². The summed E-state index contributed by atoms with van der Waals surface area (Å²) in [4.78, 5) is 22.7. The number of rotatable bonds is 2. The molecule has 1 heterocycles. The molecule has 0 atom stereocenters. The third-order valence-corrected chi connectivity index (χ3v) is 1.41. The molecule has 1 saturated heterocycles. The van der Waals surface area contributed by atoms with Crippen molar-refractivity contribution in [2.45, 2.75) is 12.8 Å². The van der Waals surface area contributed by atoms with Gasteiger partial charge in [-0.1, -0.05) is 0 Å². The Hall–Kier alpha value is -0.900. The first-order chi connectivity index (χ1) is 4.75. The van der Waals surface area contributed by atoms with E-state index in [2.05, 4.69) is 4.74 Å². The van der Waals surface area contributed by atoms with E-state index in [1.807, 2.05) is 0 Å². The van der Waals surface area contributed by atoms with Crippen molar-refractivity contribution in [3.63, 3.8) is 0 Å². The van der Waals surface area contributed by atoms with Crippen molar-refractivity contribution in [1.82, 2.24) is 4.90 Å². The molecular formula is C6H9NO3. The first-order valence-corrected chi connectivity index (χ1v) is 3.08. The Morgan fingerprint density at radius 1 is 1.40 bits per heavy atom. The van der Waals surface area contributed by atoms with E-state index in [4.69, 9.17) is 0 Å². The molecule has 4 heteroatoms. The fraction of sp³-hybridized carbons (Fsp3) is 0.667. The quantitative estimate of drug-likeness (QED) is 0.500. The van der Waals surface area contributed by atoms with Gasteiger partial charge >= 0.3 is 0 Å². The lowest BCUT2D eigenvalue weighted by Gasteiger charge is -2.10. The maximum Gasteiger partial charge on any atom is 0.231 e. The lowest BCUT2D eigenvalue weighted by atomic mass is 10.4. The molecule has 0 saturated carbocycles. The van der Waals surface area contributed by atoms with Gasteiger partial charge in [-0.15, -0.1) is 0 Å². The van der Waals surface area contributed by atoms with Crippen LogP contribution in [0.25, 0.3) is 0 Å². The number of methoxy groups -OCH3 is 1. The molecule has 1 fully saturated rings. The Morgan fingerprint density at radius 2 is 1.90 bits per heavy atom. The topological polar surface area (TPSA) is 46.6 Å². The lowest BCUT2D eigenvalue weighted by Crippen LogP contribution is -2.30. The van der Waals surface area contributed by atoms with Crippen LogP contribution in [-0.4, -0.2) is 30.6 Å². The molecule has 4 nitrogen and oxygen atoms in total. The average Bonchev–Trinajstić information content (AvgIpc) is 2.20. The van der Waals surface area contributed by atoms with E-state index in [1.54, 1.807) is 0 Å². The summed E-state index contributed by atoms with van der Waals surface area (Å²) in [7, 11) is 1.46. The average molecular weight is 143 g/mol. The lowest BCUT2D eigenvalue weighted by molar-refractivity contribution is -0.143. The van der Waals surface area contributed by atoms with Gasteiger partial charge in [-0.25, -0.2) is 0 Å². The summed E-state index contributed by atoms with van der Waals surface area (Å²) in [6.07, 6.45) is 0.671. The van der Waals surface area contributed by atoms with Crippen molar-refractivity contribution in [2.24, 2.45) is 0 Å². The van der Waals surface area contributed by atoms with Crippen molar-refractivity contribution in [1.29, 1.82) is 0 Å². The number of carbonyl (C=O) groups is 2. The number of hydrogen-bond acceptors (Lipinski definition) is 3. The Bertz CT molecular complexity index is 150. The highest BCUT2D eigenvalue weighted by molar-refractivity contribution is 6.01. The number of carbonyl (C=O) groups excluding carboxylic acids is 2. The Kier molecular flexibility index (Phi) is 2.01. The second-order valence-electron chi connectivity index (χ2n) is 2.13. The van der Waals surface area contributed by atoms with E-state index in [1.165, 1.54) is 7.11 Å². The van der Waals surface area contributed by atoms with Crippen molar-refractivity contribution >= 4 is 11.8 Å². The second-order valence-corrected chi connectivity index (χ2v) is 2.13. The maximum absolute atomic E-state index is 10.8. The number of imide groups is 1. The molecule has 2 amide bonds. The van der Waals surface area contributed by atoms with E-state index in [0.29, 0.717) is 12.8 Å². The molecule has 1 rings (SSSR count). The van der Waals surface area contributed by atoms with Gasteiger partial charge in [-0.2, -0.15) is 0 Å². The third-order valence-electron chi connectivity index (χ3n) is 1.41. The van der Waals surface area contributed by atoms with Gasteiger partial charge in [0.05, 0.1) is 0 Å². The smallest absolute Gasteiger partial charge is 0.231 e. The van der Waals surface area contributed by atoms with Crippen molar-refractivity contribution in [3.8, 4) is 0 Å². The van der Waals surface area contributed by atoms with E-state index in [9.17, 15) is 9.59 Å². The van der Waals surface area contributed by atoms with Gasteiger partial charge in [-0.05, 0) is 0 Å². The number of nitrogens with zero attached hydrogens (tertiary/aromatic N) is 1. The second kappa shape index (κ2) is 2.79. The van der Waals surface area contributed by atoms with Gasteiger partial charge in [0.1, 0.15) is 6.73 Å². The number of amides is 2. The zero-order valence-electron chi connectivity index (χ0n) is 5.79. The predicted molar refractivity (Wildman–Crippen MR) is 33.0 cm³/mol. The first kappa shape index (κ1) is 7.21. The zero-order chi connectivity index (χ0) is 7.56. The summed E-state index contributed by atoms with van der Waals surface area (Å²) < 4.78 is 4.65. The molecule has 0 bridgehead atoms. The summed E-state index contributed by atoms with van der Waals surface area (Å²) in [5, 5.41) is 0. The summed E-state index contributed by atoms with van der Waals surface area (Å²) in [5.41, 5.74) is 0. The number of likely N-dealkylation sites (tertiary alicyclic amines) is 1. The van der Waals surface area contributed by atoms with Crippen molar-refractivity contribution in [3.05, 3.63) is 0 Å². The SMILES string of the molecule is COCN1C(=O)CCC1=O. The van der Waals surface area contributed by atoms with Crippen molar-refractivity contribution < 1.29 is 14.3 Å². The van der Waals surface area contributed by atoms with Crippen LogP contribution < -0.4 is 0 Å². The molecule has 0 spiro atoms. The van der Waals surface area contributed by atoms with Crippen LogP contribution in [0.1, 0.15) is 12.8 Å². The third kappa shape index (κ3) is 1.16. The minimum atomic E-state index is -0.133. The standard InChI is InChI=1S/C6H9NO3/c1-10-4-7-5(8)2-3-6(7)9/h2-4H2,1H3. The number of ether oxygens (including phenoxy) is 1. The van der Waals surface area contributed by atoms with Gasteiger partial charge in [0.2, 0.25) is 11.8 Å². The van der Waals surface area contributed by atoms with Crippen LogP contribution in [0.15, 0.2) is 0 Å². The summed E-state index contributed by atoms with van der Waals surface area (Å²) in [6, 6.07) is 0. The highest BCUT2D eigenvalue weighted by atomic mass is 16.5. The maximum atomic E-state index is 10.8. The van der Waals surface area contributed by atoms with Crippen LogP contribution in [0.5, 0.6) is 0 Å². The van der Waals surface area contributed by atoms with Gasteiger partial charge in [-0.3, -0.25) is 14.5 Å². The molecule has 10 heavy (non-hydrogen) atoms. The Morgan fingerprint density at radius 3 is 2.30 bits per heavy atom. The fourth-order valence-electron chi connectivity index (χ4n) is 0.896. The van der Waals surface area contributed by atoms with Gasteiger partial charge in [0.15, 0.2) is 0 Å². The van der Waals surface area contributed by atoms with Gasteiger partial charge in [0, 0.05) is 20.0 Å². The van der Waals surface area contributed by atoms with Gasteiger partial charge in [0.25, 0.3) is 0 Å². The zero-order valence-corrected chi connectivity index (χ0v) is 5.79. The molecule has 1 aliphatic heterocycles. The molecule has 0 aliphatic carbocycles. The molecule has 0 radical (unpaired) electrons. The van der Waals surface area contributed by atoms with Crippen LogP contribution in [0, 0.1) is 0 Å². The highest BCUT2D eigenvalue weighted by Gasteiger charge is 2.28. The fourth-order valence-corrected chi connectivity index (χ4v) is 0.896. The normalized spacial score (nSPS) is 18.7. The van der Waals surface area contributed by atoms with E-state index < -0.39 is 0 Å². The highest BCUT2D eigenvalue weighted by Crippen LogP contribution is 2.10. The largest absolute Gasteiger partial charge is 0.364 e. The monoisotopic (exact) mass is 143 g/mol. The molecule has 1 aliphatic rings. The molecule has 0 aromatic rings. The molecular weight excluding hydrogens is 134 g/mol. The first-order valence-electron chi connectivity index (χ1n) is 3.08. The molecule has 56 valence electrons. The van der Waals surface area contributed by atoms with E-state index in [0.717, 1.165) is 4.90 Å². The van der Waals surface area contributed by atoms with Crippen LogP contribution in [-0.2, 0) is 14.3 Å². The number of hydrogen-bond donors (Lipinski definition) is 0. The van der Waals surface area contributed by atoms with Crippen molar-refractivity contribution in [2.75, 3.05) is 13.8 Å². The molecule has 0 aromatic carbocycles. The summed E-state index contributed by atoms with van der Waals surface area (Å²) in [5.74, 6) is -0.265. The Balaban J connectivity index is 2.54. The molecule has 0 aromatic heterocycles. The van der Waals surface area contributed by atoms with Gasteiger partial charge < -0.3 is 4.74 Å². The van der Waals surface area contributed by atoms with Crippen LogP contribution in [0.2, 0.25) is 0 Å². The minimum absolute atomic E-state index is 0.0949. The minimum Gasteiger partial charge on any atom is -0.364 e. The van der Waals surface area contributed by atoms with E-state index >= 15 is 0 Å². The van der Waals surface area contributed by atoms with E-state index in [-0.39, 0.29) is 18.5 Å². The van der Waals surface area contributed by atoms with Crippen LogP contribution in [0.4, 0.5) is 0 Å². The van der Waals surface area contributed by atoms with Crippen LogP contribution in [0.3, 0.4) is 0 Å². The molecule has 0 unspecified atom stereocenters. The predicted octanol–water partition coefficient (Wildman–Crippen LogP) is -0.261. The summed E-state index contributed by atoms with van der Waals surface area (Å²) in [6.45, 7) is 0.0949. The summed E-state index contributed by atoms with van der Waals surface area (Å²) >= 11 is 0.